The summed E-state index contributed by atoms with van der Waals surface area (Å²) in [6, 6.07) is 2.31. The van der Waals surface area contributed by atoms with Gasteiger partial charge in [0.05, 0.1) is 16.6 Å². The molecule has 1 N–H and O–H groups in total. The number of nitrogens with zero attached hydrogens (tertiary/aromatic N) is 5. The minimum absolute atomic E-state index is 0.0503. The second-order valence-corrected chi connectivity index (χ2v) is 13.5. The second kappa shape index (κ2) is 8.39. The Labute approximate surface area is 217 Å². The molecule has 3 fully saturated rings. The number of hydrogen-bond donors (Lipinski definition) is 1. The third kappa shape index (κ3) is 3.82. The van der Waals surface area contributed by atoms with Gasteiger partial charge in [-0.3, -0.25) is 0 Å². The maximum absolute atomic E-state index is 12.7. The zero-order valence-electron chi connectivity index (χ0n) is 20.4. The first-order chi connectivity index (χ1) is 17.4. The monoisotopic (exact) mass is 526 g/mol. The Morgan fingerprint density at radius 3 is 2.61 bits per heavy atom. The van der Waals surface area contributed by atoms with E-state index < -0.39 is 10.0 Å². The maximum Gasteiger partial charge on any atom is 0.214 e. The lowest BCUT2D eigenvalue weighted by Gasteiger charge is -2.42. The molecule has 2 saturated carbocycles. The molecule has 2 aliphatic heterocycles. The quantitative estimate of drug-likeness (QED) is 0.597. The fourth-order valence-corrected chi connectivity index (χ4v) is 8.68. The molecule has 2 bridgehead atoms. The van der Waals surface area contributed by atoms with Crippen LogP contribution < -0.4 is 14.5 Å². The van der Waals surface area contributed by atoms with Gasteiger partial charge in [-0.1, -0.05) is 23.8 Å². The van der Waals surface area contributed by atoms with Crippen molar-refractivity contribution in [1.82, 2.24) is 19.7 Å². The van der Waals surface area contributed by atoms with Gasteiger partial charge in [0.25, 0.3) is 0 Å². The average Bonchev–Trinajstić information content (AvgIpc) is 3.58. The normalized spacial score (nSPS) is 28.9. The Morgan fingerprint density at radius 2 is 1.86 bits per heavy atom. The van der Waals surface area contributed by atoms with Crippen LogP contribution in [-0.2, 0) is 29.4 Å². The van der Waals surface area contributed by atoms with Crippen molar-refractivity contribution in [3.63, 3.8) is 0 Å². The van der Waals surface area contributed by atoms with E-state index in [2.05, 4.69) is 43.6 Å². The molecule has 2 aromatic rings. The molecule has 3 aliphatic carbocycles. The minimum atomic E-state index is -3.18. The van der Waals surface area contributed by atoms with Gasteiger partial charge in [-0.25, -0.2) is 28.1 Å². The summed E-state index contributed by atoms with van der Waals surface area (Å²) in [6.07, 6.45) is 11.4. The number of allylic oxidation sites excluding steroid dienone is 1. The number of sulfonamides is 1. The van der Waals surface area contributed by atoms with Crippen molar-refractivity contribution < 1.29 is 8.42 Å². The summed E-state index contributed by atoms with van der Waals surface area (Å²) in [5.74, 6) is 1.63. The van der Waals surface area contributed by atoms with E-state index >= 15 is 0 Å². The van der Waals surface area contributed by atoms with E-state index in [4.69, 9.17) is 16.6 Å². The Bertz CT molecular complexity index is 1350. The summed E-state index contributed by atoms with van der Waals surface area (Å²) in [7, 11) is -3.18. The van der Waals surface area contributed by atoms with Crippen LogP contribution in [0.2, 0.25) is 5.15 Å². The number of pyridine rings is 1. The van der Waals surface area contributed by atoms with Crippen molar-refractivity contribution in [3.8, 4) is 0 Å². The van der Waals surface area contributed by atoms with Crippen molar-refractivity contribution >= 4 is 39.2 Å². The van der Waals surface area contributed by atoms with Gasteiger partial charge in [0.2, 0.25) is 10.0 Å². The zero-order valence-corrected chi connectivity index (χ0v) is 22.0. The molecule has 2 aromatic heterocycles. The number of piperidine rings is 1. The molecular formula is C26H31ClN6O2S. The van der Waals surface area contributed by atoms with Gasteiger partial charge < -0.3 is 9.80 Å². The van der Waals surface area contributed by atoms with Crippen LogP contribution in [-0.4, -0.2) is 53.8 Å². The Kier molecular flexibility index (Phi) is 5.35. The zero-order chi connectivity index (χ0) is 24.6. The van der Waals surface area contributed by atoms with Gasteiger partial charge >= 0.3 is 0 Å². The predicted octanol–water partition coefficient (Wildman–Crippen LogP) is 3.34. The van der Waals surface area contributed by atoms with Gasteiger partial charge in [0.15, 0.2) is 0 Å². The fraction of sp³-hybridized carbons (Fsp3) is 0.577. The molecule has 5 aliphatic rings. The van der Waals surface area contributed by atoms with Crippen LogP contribution in [0.5, 0.6) is 0 Å². The highest BCUT2D eigenvalue weighted by atomic mass is 35.5. The van der Waals surface area contributed by atoms with E-state index in [1.165, 1.54) is 5.56 Å². The number of aromatic nitrogens is 3. The Morgan fingerprint density at radius 1 is 1.08 bits per heavy atom. The van der Waals surface area contributed by atoms with Gasteiger partial charge in [0, 0.05) is 61.4 Å². The number of rotatable bonds is 5. The lowest BCUT2D eigenvalue weighted by molar-refractivity contribution is 0.329. The van der Waals surface area contributed by atoms with Crippen molar-refractivity contribution in [3.05, 3.63) is 46.1 Å². The van der Waals surface area contributed by atoms with Crippen LogP contribution in [0.15, 0.2) is 18.5 Å². The van der Waals surface area contributed by atoms with Crippen LogP contribution in [0.1, 0.15) is 55.1 Å². The predicted molar refractivity (Wildman–Crippen MR) is 141 cm³/mol. The highest BCUT2D eigenvalue weighted by Crippen LogP contribution is 2.42. The fourth-order valence-electron chi connectivity index (χ4n) is 6.76. The third-order valence-corrected chi connectivity index (χ3v) is 10.9. The first kappa shape index (κ1) is 22.9. The lowest BCUT2D eigenvalue weighted by atomic mass is 9.92. The van der Waals surface area contributed by atoms with E-state index in [0.29, 0.717) is 17.0 Å². The van der Waals surface area contributed by atoms with E-state index in [0.717, 1.165) is 86.6 Å². The van der Waals surface area contributed by atoms with Crippen molar-refractivity contribution in [2.45, 2.75) is 69.3 Å². The number of anilines is 2. The SMILES string of the molecule is C[C@@H]1Cc2ncnc(N3CC4CCC(C3)C4NS(=O)(=O)C3CC3)c2CN1c1cc(Cl)nc2c1C=CC2. The van der Waals surface area contributed by atoms with Crippen LogP contribution in [0.25, 0.3) is 6.08 Å². The topological polar surface area (TPSA) is 91.3 Å². The summed E-state index contributed by atoms with van der Waals surface area (Å²) in [4.78, 5) is 18.8. The molecule has 190 valence electrons. The molecule has 7 rings (SSSR count). The lowest BCUT2D eigenvalue weighted by Crippen LogP contribution is -2.53. The molecule has 3 atom stereocenters. The number of hydrogen-bond acceptors (Lipinski definition) is 7. The molecular weight excluding hydrogens is 496 g/mol. The van der Waals surface area contributed by atoms with E-state index in [1.54, 1.807) is 6.33 Å². The number of nitrogens with one attached hydrogen (secondary N) is 1. The second-order valence-electron chi connectivity index (χ2n) is 11.1. The van der Waals surface area contributed by atoms with Crippen LogP contribution >= 0.6 is 11.6 Å². The van der Waals surface area contributed by atoms with Crippen molar-refractivity contribution in [1.29, 1.82) is 0 Å². The average molecular weight is 527 g/mol. The van der Waals surface area contributed by atoms with Gasteiger partial charge in [-0.2, -0.15) is 0 Å². The molecule has 4 heterocycles. The van der Waals surface area contributed by atoms with Crippen LogP contribution in [0.3, 0.4) is 0 Å². The largest absolute Gasteiger partial charge is 0.363 e. The van der Waals surface area contributed by atoms with Gasteiger partial charge in [0.1, 0.15) is 17.3 Å². The summed E-state index contributed by atoms with van der Waals surface area (Å²) in [5.41, 5.74) is 5.61. The highest BCUT2D eigenvalue weighted by molar-refractivity contribution is 7.90. The molecule has 0 radical (unpaired) electrons. The summed E-state index contributed by atoms with van der Waals surface area (Å²) >= 11 is 6.42. The van der Waals surface area contributed by atoms with Gasteiger partial charge in [-0.15, -0.1) is 0 Å². The third-order valence-electron chi connectivity index (χ3n) is 8.75. The van der Waals surface area contributed by atoms with E-state index in [-0.39, 0.29) is 17.3 Å². The summed E-state index contributed by atoms with van der Waals surface area (Å²) in [6.45, 7) is 4.61. The molecule has 1 saturated heterocycles. The number of halogens is 1. The molecule has 10 heteroatoms. The Balaban J connectivity index is 1.18. The number of fused-ring (bicyclic) bond motifs is 4. The first-order valence-corrected chi connectivity index (χ1v) is 15.0. The first-order valence-electron chi connectivity index (χ1n) is 13.1. The summed E-state index contributed by atoms with van der Waals surface area (Å²) < 4.78 is 28.4. The molecule has 0 spiro atoms. The van der Waals surface area contributed by atoms with Crippen LogP contribution in [0, 0.1) is 11.8 Å². The molecule has 0 amide bonds. The van der Waals surface area contributed by atoms with E-state index in [9.17, 15) is 8.42 Å². The maximum atomic E-state index is 12.7. The molecule has 8 nitrogen and oxygen atoms in total. The van der Waals surface area contributed by atoms with Crippen LogP contribution in [0.4, 0.5) is 11.5 Å². The standard InChI is InChI=1S/C26H31ClN6O2S/c1-15-9-22-20(13-33(15)23-10-24(27)30-21-4-2-3-19(21)23)26(29-14-28-22)32-11-16-5-6-17(12-32)25(16)31-36(34,35)18-7-8-18/h2-3,10,14-18,25,31H,4-9,11-13H2,1H3/t15-,16?,17?,25?/m1/s1. The molecule has 2 unspecified atom stereocenters. The van der Waals surface area contributed by atoms with Crippen molar-refractivity contribution in [2.75, 3.05) is 22.9 Å². The molecule has 0 aromatic carbocycles. The van der Waals surface area contributed by atoms with Gasteiger partial charge in [-0.05, 0) is 50.5 Å². The highest BCUT2D eigenvalue weighted by Gasteiger charge is 2.47. The Hall–Kier alpha value is -2.23. The summed E-state index contributed by atoms with van der Waals surface area (Å²) in [5, 5.41) is 0.358. The van der Waals surface area contributed by atoms with E-state index in [1.807, 2.05) is 6.07 Å². The van der Waals surface area contributed by atoms with Crippen molar-refractivity contribution in [2.24, 2.45) is 11.8 Å². The molecule has 36 heavy (non-hydrogen) atoms. The minimum Gasteiger partial charge on any atom is -0.363 e. The smallest absolute Gasteiger partial charge is 0.214 e.